The Kier molecular flexibility index (Phi) is 12.7. The number of carbonyl (C=O) groups excluding carboxylic acids is 2. The highest BCUT2D eigenvalue weighted by atomic mass is 35.5. The molecule has 0 saturated carbocycles. The van der Waals surface area contributed by atoms with Gasteiger partial charge >= 0.3 is 5.97 Å². The van der Waals surface area contributed by atoms with Crippen molar-refractivity contribution in [3.05, 3.63) is 105 Å². The summed E-state index contributed by atoms with van der Waals surface area (Å²) >= 11 is 11.8. The maximum atomic E-state index is 12.4. The molecule has 210 valence electrons. The molecule has 0 N–H and O–H groups in total. The molecule has 0 saturated heterocycles. The summed E-state index contributed by atoms with van der Waals surface area (Å²) < 4.78 is 5.39. The predicted molar refractivity (Wildman–Crippen MR) is 161 cm³/mol. The van der Waals surface area contributed by atoms with E-state index in [2.05, 4.69) is 4.90 Å². The number of nitro groups is 1. The van der Waals surface area contributed by atoms with E-state index in [0.29, 0.717) is 49.7 Å². The molecule has 0 atom stereocenters. The van der Waals surface area contributed by atoms with E-state index in [1.54, 1.807) is 12.1 Å². The Bertz CT molecular complexity index is 1290. The number of ether oxygens (including phenoxy) is 1. The standard InChI is InChI=1S/C31H32Cl2N2O5/c32-17-19-34(20-18-33)29-13-10-24(11-14-29)2-1-3-31(37)40-23-28-22-27(12-15-30(28)35(38)39)9-8-25-4-6-26(7-5-25)16-21-36/h4-15,21-22H,1-3,16-20,23H2/b9-8+. The topological polar surface area (TPSA) is 89.7 Å². The van der Waals surface area contributed by atoms with Crippen LogP contribution in [0.1, 0.15) is 40.7 Å². The average Bonchev–Trinajstić information content (AvgIpc) is 2.96. The number of carbonyl (C=O) groups is 2. The number of alkyl halides is 2. The fourth-order valence-electron chi connectivity index (χ4n) is 4.17. The third kappa shape index (κ3) is 9.81. The Balaban J connectivity index is 1.53. The molecule has 0 aromatic heterocycles. The number of rotatable bonds is 16. The van der Waals surface area contributed by atoms with E-state index in [4.69, 9.17) is 27.9 Å². The van der Waals surface area contributed by atoms with Crippen LogP contribution in [0.25, 0.3) is 12.2 Å². The molecule has 0 radical (unpaired) electrons. The normalized spacial score (nSPS) is 10.9. The summed E-state index contributed by atoms with van der Waals surface area (Å²) in [5.41, 5.74) is 4.98. The molecule has 0 unspecified atom stereocenters. The van der Waals surface area contributed by atoms with Crippen LogP contribution in [0.3, 0.4) is 0 Å². The Hall–Kier alpha value is -3.68. The summed E-state index contributed by atoms with van der Waals surface area (Å²) in [6, 6.07) is 20.4. The van der Waals surface area contributed by atoms with Crippen LogP contribution in [0.5, 0.6) is 0 Å². The van der Waals surface area contributed by atoms with Gasteiger partial charge in [0.15, 0.2) is 0 Å². The molecule has 40 heavy (non-hydrogen) atoms. The molecule has 3 aromatic rings. The zero-order valence-corrected chi connectivity index (χ0v) is 23.7. The van der Waals surface area contributed by atoms with Crippen molar-refractivity contribution in [2.45, 2.75) is 32.3 Å². The highest BCUT2D eigenvalue weighted by Crippen LogP contribution is 2.23. The molecular formula is C31H32Cl2N2O5. The molecule has 7 nitrogen and oxygen atoms in total. The summed E-state index contributed by atoms with van der Waals surface area (Å²) in [6.45, 7) is 1.25. The predicted octanol–water partition coefficient (Wildman–Crippen LogP) is 6.86. The van der Waals surface area contributed by atoms with Gasteiger partial charge in [-0.2, -0.15) is 0 Å². The third-order valence-corrected chi connectivity index (χ3v) is 6.65. The van der Waals surface area contributed by atoms with E-state index >= 15 is 0 Å². The van der Waals surface area contributed by atoms with Gasteiger partial charge < -0.3 is 14.4 Å². The van der Waals surface area contributed by atoms with Crippen molar-refractivity contribution in [1.29, 1.82) is 0 Å². The first-order valence-electron chi connectivity index (χ1n) is 13.0. The van der Waals surface area contributed by atoms with Gasteiger partial charge in [-0.25, -0.2) is 0 Å². The Labute approximate surface area is 244 Å². The van der Waals surface area contributed by atoms with Crippen molar-refractivity contribution in [3.63, 3.8) is 0 Å². The Morgan fingerprint density at radius 3 is 2.15 bits per heavy atom. The van der Waals surface area contributed by atoms with E-state index < -0.39 is 10.9 Å². The number of hydrogen-bond acceptors (Lipinski definition) is 6. The number of anilines is 1. The van der Waals surface area contributed by atoms with Gasteiger partial charge in [0.1, 0.15) is 12.9 Å². The maximum absolute atomic E-state index is 12.4. The Morgan fingerprint density at radius 2 is 1.52 bits per heavy atom. The van der Waals surface area contributed by atoms with Crippen LogP contribution in [0.4, 0.5) is 11.4 Å². The minimum atomic E-state index is -0.479. The van der Waals surface area contributed by atoms with Gasteiger partial charge in [0.05, 0.1) is 10.5 Å². The second kappa shape index (κ2) is 16.4. The summed E-state index contributed by atoms with van der Waals surface area (Å²) in [6.07, 6.45) is 6.45. The van der Waals surface area contributed by atoms with Crippen molar-refractivity contribution in [3.8, 4) is 0 Å². The van der Waals surface area contributed by atoms with Crippen LogP contribution >= 0.6 is 23.2 Å². The molecule has 0 aliphatic heterocycles. The van der Waals surface area contributed by atoms with Crippen LogP contribution in [-0.4, -0.2) is 42.0 Å². The van der Waals surface area contributed by atoms with E-state index in [0.717, 1.165) is 34.2 Å². The van der Waals surface area contributed by atoms with Crippen LogP contribution < -0.4 is 4.90 Å². The number of halogens is 2. The number of aryl methyl sites for hydroxylation is 1. The van der Waals surface area contributed by atoms with Gasteiger partial charge in [0.25, 0.3) is 5.69 Å². The first kappa shape index (κ1) is 30.9. The molecular weight excluding hydrogens is 551 g/mol. The highest BCUT2D eigenvalue weighted by Gasteiger charge is 2.16. The summed E-state index contributed by atoms with van der Waals surface area (Å²) in [5, 5.41) is 11.5. The van der Waals surface area contributed by atoms with Gasteiger partial charge in [-0.3, -0.25) is 14.9 Å². The van der Waals surface area contributed by atoms with Crippen LogP contribution in [0.15, 0.2) is 66.7 Å². The Morgan fingerprint density at radius 1 is 0.900 bits per heavy atom. The fourth-order valence-corrected chi connectivity index (χ4v) is 4.58. The number of aldehydes is 1. The number of hydrogen-bond donors (Lipinski definition) is 0. The van der Waals surface area contributed by atoms with E-state index in [1.165, 1.54) is 6.07 Å². The lowest BCUT2D eigenvalue weighted by Crippen LogP contribution is -2.27. The first-order valence-corrected chi connectivity index (χ1v) is 14.1. The molecule has 0 aliphatic rings. The van der Waals surface area contributed by atoms with Gasteiger partial charge in [0.2, 0.25) is 0 Å². The molecule has 9 heteroatoms. The quantitative estimate of drug-likeness (QED) is 0.0457. The lowest BCUT2D eigenvalue weighted by molar-refractivity contribution is -0.385. The third-order valence-electron chi connectivity index (χ3n) is 6.31. The second-order valence-corrected chi connectivity index (χ2v) is 9.89. The van der Waals surface area contributed by atoms with Crippen LogP contribution in [0.2, 0.25) is 0 Å². The summed E-state index contributed by atoms with van der Waals surface area (Å²) in [7, 11) is 0. The number of nitro benzene ring substituents is 1. The summed E-state index contributed by atoms with van der Waals surface area (Å²) in [4.78, 5) is 36.2. The molecule has 3 rings (SSSR count). The first-order chi connectivity index (χ1) is 19.4. The molecule has 3 aromatic carbocycles. The smallest absolute Gasteiger partial charge is 0.306 e. The molecule has 0 bridgehead atoms. The van der Waals surface area contributed by atoms with Crippen molar-refractivity contribution >= 4 is 59.0 Å². The lowest BCUT2D eigenvalue weighted by Gasteiger charge is -2.23. The van der Waals surface area contributed by atoms with E-state index in [9.17, 15) is 19.7 Å². The monoisotopic (exact) mass is 582 g/mol. The van der Waals surface area contributed by atoms with Gasteiger partial charge in [-0.15, -0.1) is 23.2 Å². The van der Waals surface area contributed by atoms with Gasteiger partial charge in [-0.1, -0.05) is 48.6 Å². The molecule has 0 spiro atoms. The molecule has 0 heterocycles. The maximum Gasteiger partial charge on any atom is 0.306 e. The zero-order chi connectivity index (χ0) is 28.7. The molecule has 0 amide bonds. The van der Waals surface area contributed by atoms with Crippen molar-refractivity contribution in [2.24, 2.45) is 0 Å². The van der Waals surface area contributed by atoms with Gasteiger partial charge in [0, 0.05) is 49.4 Å². The zero-order valence-electron chi connectivity index (χ0n) is 22.1. The van der Waals surface area contributed by atoms with Crippen molar-refractivity contribution in [2.75, 3.05) is 29.7 Å². The highest BCUT2D eigenvalue weighted by molar-refractivity contribution is 6.18. The average molecular weight is 584 g/mol. The van der Waals surface area contributed by atoms with Crippen LogP contribution in [-0.2, 0) is 33.8 Å². The number of nitrogens with zero attached hydrogens (tertiary/aromatic N) is 2. The van der Waals surface area contributed by atoms with E-state index in [1.807, 2.05) is 60.7 Å². The minimum absolute atomic E-state index is 0.0966. The minimum Gasteiger partial charge on any atom is -0.461 e. The van der Waals surface area contributed by atoms with Crippen molar-refractivity contribution < 1.29 is 19.2 Å². The van der Waals surface area contributed by atoms with Crippen LogP contribution in [0, 0.1) is 10.1 Å². The number of benzene rings is 3. The second-order valence-electron chi connectivity index (χ2n) is 9.14. The largest absolute Gasteiger partial charge is 0.461 e. The molecule has 0 aliphatic carbocycles. The van der Waals surface area contributed by atoms with E-state index in [-0.39, 0.29) is 18.7 Å². The number of esters is 1. The van der Waals surface area contributed by atoms with Gasteiger partial charge in [-0.05, 0) is 59.4 Å². The molecule has 0 fully saturated rings. The summed E-state index contributed by atoms with van der Waals surface area (Å²) in [5.74, 6) is 0.630. The van der Waals surface area contributed by atoms with Crippen molar-refractivity contribution in [1.82, 2.24) is 0 Å². The SMILES string of the molecule is O=CCc1ccc(/C=C/c2ccc([N+](=O)[O-])c(COC(=O)CCCc3ccc(N(CCCl)CCCl)cc3)c2)cc1. The fraction of sp³-hybridized carbons (Fsp3) is 0.290. The lowest BCUT2D eigenvalue weighted by atomic mass is 10.1.